The lowest BCUT2D eigenvalue weighted by Crippen LogP contribution is -2.59. The van der Waals surface area contributed by atoms with Crippen molar-refractivity contribution in [1.82, 2.24) is 13.9 Å². The van der Waals surface area contributed by atoms with Crippen LogP contribution in [0, 0.1) is 30.1 Å². The fraction of sp³-hybridized carbons (Fsp3) is 0.289. The molecule has 3 heterocycles. The monoisotopic (exact) mass is 647 g/mol. The van der Waals surface area contributed by atoms with Gasteiger partial charge in [-0.05, 0) is 99.2 Å². The molecule has 2 fully saturated rings. The number of hydrogen-bond donors (Lipinski definition) is 2. The van der Waals surface area contributed by atoms with Crippen LogP contribution >= 0.6 is 0 Å². The maximum absolute atomic E-state index is 13.7. The van der Waals surface area contributed by atoms with Gasteiger partial charge in [-0.25, -0.2) is 12.4 Å². The van der Waals surface area contributed by atoms with Gasteiger partial charge in [0.1, 0.15) is 17.0 Å². The van der Waals surface area contributed by atoms with Crippen LogP contribution in [-0.2, 0) is 22.7 Å². The Labute approximate surface area is 274 Å². The summed E-state index contributed by atoms with van der Waals surface area (Å²) in [7, 11) is -2.47. The van der Waals surface area contributed by atoms with Gasteiger partial charge >= 0.3 is 0 Å². The van der Waals surface area contributed by atoms with Gasteiger partial charge < -0.3 is 19.7 Å². The molecule has 3 aromatic carbocycles. The predicted molar refractivity (Wildman–Crippen MR) is 183 cm³/mol. The molecule has 0 atom stereocenters. The summed E-state index contributed by atoms with van der Waals surface area (Å²) < 4.78 is 36.3. The molecule has 8 nitrogen and oxygen atoms in total. The van der Waals surface area contributed by atoms with E-state index in [1.165, 1.54) is 22.9 Å². The second kappa shape index (κ2) is 11.3. The average molecular weight is 648 g/mol. The molecule has 0 bridgehead atoms. The maximum Gasteiger partial charge on any atom is 0.275 e. The molecule has 0 amide bonds. The molecule has 1 aliphatic heterocycles. The molecule has 5 aromatic rings. The van der Waals surface area contributed by atoms with Crippen LogP contribution in [0.4, 0.5) is 0 Å². The van der Waals surface area contributed by atoms with Gasteiger partial charge in [0.2, 0.25) is 0 Å². The number of aryl methyl sites for hydroxylation is 2. The molecule has 0 unspecified atom stereocenters. The first-order valence-electron chi connectivity index (χ1n) is 15.7. The number of hydrogen-bond acceptors (Lipinski definition) is 6. The zero-order valence-electron chi connectivity index (χ0n) is 26.9. The zero-order chi connectivity index (χ0) is 33.1. The number of aromatic nitrogens is 2. The van der Waals surface area contributed by atoms with E-state index in [2.05, 4.69) is 17.2 Å². The van der Waals surface area contributed by atoms with E-state index in [4.69, 9.17) is 4.74 Å². The van der Waals surface area contributed by atoms with E-state index in [0.717, 1.165) is 41.0 Å². The highest BCUT2D eigenvalue weighted by molar-refractivity contribution is 7.90. The van der Waals surface area contributed by atoms with E-state index in [9.17, 15) is 18.3 Å². The van der Waals surface area contributed by atoms with Crippen LogP contribution in [0.3, 0.4) is 0 Å². The van der Waals surface area contributed by atoms with E-state index in [1.54, 1.807) is 57.4 Å². The van der Waals surface area contributed by atoms with Crippen molar-refractivity contribution in [2.45, 2.75) is 44.1 Å². The SMILES string of the molecule is Cc1ccc(S(=O)(=O)n2ccc3c(-c4cc(C(C)(C)O)ccc4Oc4ccc(C#CC5CC6(CNC6)C5)cc4)cn(C)c(=O)c32)cc1. The molecule has 1 aliphatic carbocycles. The molecule has 1 spiro atoms. The van der Waals surface area contributed by atoms with Gasteiger partial charge in [0, 0.05) is 60.5 Å². The van der Waals surface area contributed by atoms with Gasteiger partial charge in [0.25, 0.3) is 15.6 Å². The van der Waals surface area contributed by atoms with Crippen molar-refractivity contribution < 1.29 is 18.3 Å². The first kappa shape index (κ1) is 31.0. The molecule has 2 aromatic heterocycles. The summed E-state index contributed by atoms with van der Waals surface area (Å²) in [5.41, 5.74) is 2.56. The fourth-order valence-corrected chi connectivity index (χ4v) is 7.90. The van der Waals surface area contributed by atoms with Crippen molar-refractivity contribution in [3.8, 4) is 34.5 Å². The van der Waals surface area contributed by atoms with Crippen LogP contribution in [0.15, 0.2) is 94.9 Å². The quantitative estimate of drug-likeness (QED) is 0.222. The van der Waals surface area contributed by atoms with Gasteiger partial charge in [0.05, 0.1) is 10.5 Å². The normalized spacial score (nSPS) is 15.9. The average Bonchev–Trinajstić information content (AvgIpc) is 3.45. The topological polar surface area (TPSA) is 103 Å². The Morgan fingerprint density at radius 2 is 1.68 bits per heavy atom. The van der Waals surface area contributed by atoms with E-state index in [-0.39, 0.29) is 10.4 Å². The van der Waals surface area contributed by atoms with Gasteiger partial charge in [-0.3, -0.25) is 4.79 Å². The van der Waals surface area contributed by atoms with Crippen molar-refractivity contribution in [2.75, 3.05) is 13.1 Å². The molecule has 1 saturated heterocycles. The Balaban J connectivity index is 1.27. The number of ether oxygens (including phenoxy) is 1. The van der Waals surface area contributed by atoms with Gasteiger partial charge in [0.15, 0.2) is 0 Å². The standard InChI is InChI=1S/C38H37N3O5S/c1-25-5-14-30(15-6-25)47(44,45)41-18-17-31-33(22-40(4)36(42)35(31)41)32-19-28(37(2,3)43)11-16-34(32)46-29-12-9-26(10-13-29)7-8-27-20-38(21-27)23-39-24-38/h5-6,9-19,22,27,39,43H,20-21,23-24H2,1-4H3. The Morgan fingerprint density at radius 1 is 0.979 bits per heavy atom. The summed E-state index contributed by atoms with van der Waals surface area (Å²) >= 11 is 0. The van der Waals surface area contributed by atoms with Crippen molar-refractivity contribution in [3.63, 3.8) is 0 Å². The van der Waals surface area contributed by atoms with Crippen molar-refractivity contribution >= 4 is 20.9 Å². The van der Waals surface area contributed by atoms with Crippen LogP contribution in [0.1, 0.15) is 43.4 Å². The number of benzene rings is 3. The Hall–Kier alpha value is -4.62. The maximum atomic E-state index is 13.7. The minimum Gasteiger partial charge on any atom is -0.457 e. The summed E-state index contributed by atoms with van der Waals surface area (Å²) in [6.07, 6.45) is 5.42. The first-order valence-corrected chi connectivity index (χ1v) is 17.2. The molecule has 1 saturated carbocycles. The third-order valence-electron chi connectivity index (χ3n) is 9.40. The van der Waals surface area contributed by atoms with Gasteiger partial charge in [-0.15, -0.1) is 0 Å². The number of fused-ring (bicyclic) bond motifs is 1. The van der Waals surface area contributed by atoms with E-state index < -0.39 is 21.2 Å². The number of nitrogens with zero attached hydrogens (tertiary/aromatic N) is 2. The smallest absolute Gasteiger partial charge is 0.275 e. The highest BCUT2D eigenvalue weighted by Gasteiger charge is 2.47. The Bertz CT molecular complexity index is 2240. The first-order chi connectivity index (χ1) is 22.3. The number of rotatable bonds is 6. The Kier molecular flexibility index (Phi) is 7.43. The Morgan fingerprint density at radius 3 is 2.32 bits per heavy atom. The van der Waals surface area contributed by atoms with Crippen LogP contribution in [0.5, 0.6) is 11.5 Å². The third-order valence-corrected chi connectivity index (χ3v) is 11.1. The molecular weight excluding hydrogens is 611 g/mol. The van der Waals surface area contributed by atoms with E-state index >= 15 is 0 Å². The summed E-state index contributed by atoms with van der Waals surface area (Å²) in [4.78, 5) is 13.6. The fourth-order valence-electron chi connectivity index (χ4n) is 6.55. The van der Waals surface area contributed by atoms with E-state index in [1.807, 2.05) is 37.3 Å². The van der Waals surface area contributed by atoms with E-state index in [0.29, 0.717) is 44.9 Å². The molecular formula is C38H37N3O5S. The number of pyridine rings is 1. The lowest BCUT2D eigenvalue weighted by Gasteiger charge is -2.53. The van der Waals surface area contributed by atoms with Gasteiger partial charge in [-0.2, -0.15) is 0 Å². The summed E-state index contributed by atoms with van der Waals surface area (Å²) in [6, 6.07) is 21.2. The highest BCUT2D eigenvalue weighted by Crippen LogP contribution is 2.48. The lowest BCUT2D eigenvalue weighted by molar-refractivity contribution is 0.0266. The molecule has 240 valence electrons. The molecule has 7 rings (SSSR count). The second-order valence-corrected chi connectivity index (χ2v) is 15.3. The molecule has 0 radical (unpaired) electrons. The summed E-state index contributed by atoms with van der Waals surface area (Å²) in [5, 5.41) is 14.7. The van der Waals surface area contributed by atoms with Crippen molar-refractivity contribution in [1.29, 1.82) is 0 Å². The van der Waals surface area contributed by atoms with Crippen LogP contribution in [-0.4, -0.2) is 35.2 Å². The van der Waals surface area contributed by atoms with Crippen LogP contribution < -0.4 is 15.6 Å². The van der Waals surface area contributed by atoms with Crippen LogP contribution in [0.25, 0.3) is 22.0 Å². The van der Waals surface area contributed by atoms with Gasteiger partial charge in [-0.1, -0.05) is 35.6 Å². The molecule has 2 aliphatic rings. The number of nitrogens with one attached hydrogen (secondary N) is 1. The summed E-state index contributed by atoms with van der Waals surface area (Å²) in [6.45, 7) is 7.49. The highest BCUT2D eigenvalue weighted by atomic mass is 32.2. The zero-order valence-corrected chi connectivity index (χ0v) is 27.7. The largest absolute Gasteiger partial charge is 0.457 e. The molecule has 9 heteroatoms. The second-order valence-electron chi connectivity index (χ2n) is 13.5. The number of aliphatic hydroxyl groups is 1. The minimum atomic E-state index is -4.07. The lowest BCUT2D eigenvalue weighted by atomic mass is 9.59. The van der Waals surface area contributed by atoms with Crippen LogP contribution in [0.2, 0.25) is 0 Å². The predicted octanol–water partition coefficient (Wildman–Crippen LogP) is 5.92. The minimum absolute atomic E-state index is 0.0269. The molecule has 2 N–H and O–H groups in total. The van der Waals surface area contributed by atoms with Crippen molar-refractivity contribution in [2.24, 2.45) is 18.4 Å². The summed E-state index contributed by atoms with van der Waals surface area (Å²) in [5.74, 6) is 8.25. The van der Waals surface area contributed by atoms with Crippen molar-refractivity contribution in [3.05, 3.63) is 112 Å². The third kappa shape index (κ3) is 5.67. The molecule has 47 heavy (non-hydrogen) atoms.